The molecule has 3 N–H and O–H groups in total. The molecule has 11 heteroatoms. The third-order valence-corrected chi connectivity index (χ3v) is 6.71. The summed E-state index contributed by atoms with van der Waals surface area (Å²) in [4.78, 5) is 23.5. The Balaban J connectivity index is 1.25. The van der Waals surface area contributed by atoms with Gasteiger partial charge in [-0.05, 0) is 31.2 Å². The van der Waals surface area contributed by atoms with Gasteiger partial charge < -0.3 is 15.4 Å². The van der Waals surface area contributed by atoms with Crippen molar-refractivity contribution >= 4 is 34.1 Å². The van der Waals surface area contributed by atoms with Crippen molar-refractivity contribution in [2.24, 2.45) is 0 Å². The van der Waals surface area contributed by atoms with Crippen LogP contribution in [0.1, 0.15) is 43.3 Å². The Morgan fingerprint density at radius 2 is 1.84 bits per heavy atom. The highest BCUT2D eigenvalue weighted by molar-refractivity contribution is 7.15. The van der Waals surface area contributed by atoms with Gasteiger partial charge in [0.2, 0.25) is 11.1 Å². The maximum Gasteiger partial charge on any atom is 0.325 e. The molecule has 2 amide bonds. The van der Waals surface area contributed by atoms with E-state index in [0.29, 0.717) is 22.3 Å². The summed E-state index contributed by atoms with van der Waals surface area (Å²) in [6.45, 7) is 11.6. The minimum Gasteiger partial charge on any atom is -0.379 e. The second-order valence-electron chi connectivity index (χ2n) is 9.60. The van der Waals surface area contributed by atoms with Crippen molar-refractivity contribution in [3.63, 3.8) is 0 Å². The Hall–Kier alpha value is -3.59. The average molecular weight is 521 g/mol. The lowest BCUT2D eigenvalue weighted by atomic mass is 9.98. The Kier molecular flexibility index (Phi) is 9.00. The number of nitrogens with zero attached hydrogens (tertiary/aromatic N) is 5. The summed E-state index contributed by atoms with van der Waals surface area (Å²) in [5.41, 5.74) is 1.97. The molecular weight excluding hydrogens is 488 g/mol. The Morgan fingerprint density at radius 3 is 2.57 bits per heavy atom. The summed E-state index contributed by atoms with van der Waals surface area (Å²) in [6, 6.07) is 6.93. The van der Waals surface area contributed by atoms with Gasteiger partial charge in [0.15, 0.2) is 0 Å². The number of hydrogen-bond acceptors (Lipinski definition) is 9. The SMILES string of the molecule is CC(C)(C)c1nnc(NC(=O)Nc2cccc(C#Cc3cnc(NCCCN4CCOCC4)nc3)c2)s1. The van der Waals surface area contributed by atoms with Crippen LogP contribution in [0.5, 0.6) is 0 Å². The minimum atomic E-state index is -0.386. The van der Waals surface area contributed by atoms with Gasteiger partial charge in [-0.3, -0.25) is 10.2 Å². The van der Waals surface area contributed by atoms with Crippen molar-refractivity contribution in [3.8, 4) is 11.8 Å². The van der Waals surface area contributed by atoms with Gasteiger partial charge in [-0.25, -0.2) is 14.8 Å². The van der Waals surface area contributed by atoms with E-state index in [1.807, 2.05) is 12.1 Å². The van der Waals surface area contributed by atoms with E-state index in [9.17, 15) is 4.79 Å². The molecule has 0 radical (unpaired) electrons. The lowest BCUT2D eigenvalue weighted by Crippen LogP contribution is -2.37. The van der Waals surface area contributed by atoms with Gasteiger partial charge in [0.1, 0.15) is 5.01 Å². The molecule has 1 aliphatic heterocycles. The van der Waals surface area contributed by atoms with Crippen LogP contribution in [0, 0.1) is 11.8 Å². The summed E-state index contributed by atoms with van der Waals surface area (Å²) < 4.78 is 5.37. The van der Waals surface area contributed by atoms with Crippen molar-refractivity contribution in [1.29, 1.82) is 0 Å². The highest BCUT2D eigenvalue weighted by Gasteiger charge is 2.20. The van der Waals surface area contributed by atoms with Crippen LogP contribution in [-0.4, -0.2) is 70.5 Å². The Labute approximate surface area is 221 Å². The lowest BCUT2D eigenvalue weighted by molar-refractivity contribution is 0.0378. The molecule has 2 aromatic heterocycles. The van der Waals surface area contributed by atoms with Gasteiger partial charge in [-0.1, -0.05) is 50.0 Å². The van der Waals surface area contributed by atoms with E-state index in [2.05, 4.69) is 73.6 Å². The van der Waals surface area contributed by atoms with Crippen molar-refractivity contribution in [3.05, 3.63) is 52.8 Å². The first-order valence-electron chi connectivity index (χ1n) is 12.3. The highest BCUT2D eigenvalue weighted by atomic mass is 32.1. The normalized spacial score (nSPS) is 13.9. The molecule has 0 aliphatic carbocycles. The fourth-order valence-corrected chi connectivity index (χ4v) is 4.26. The lowest BCUT2D eigenvalue weighted by Gasteiger charge is -2.26. The fourth-order valence-electron chi connectivity index (χ4n) is 3.47. The van der Waals surface area contributed by atoms with Gasteiger partial charge in [0.05, 0.1) is 18.8 Å². The zero-order valence-corrected chi connectivity index (χ0v) is 22.2. The molecule has 0 saturated carbocycles. The first-order valence-corrected chi connectivity index (χ1v) is 13.1. The molecule has 0 unspecified atom stereocenters. The predicted octanol–water partition coefficient (Wildman–Crippen LogP) is 3.80. The van der Waals surface area contributed by atoms with Crippen LogP contribution in [0.25, 0.3) is 0 Å². The quantitative estimate of drug-likeness (QED) is 0.318. The third-order valence-electron chi connectivity index (χ3n) is 5.45. The zero-order chi connectivity index (χ0) is 26.1. The molecule has 1 aliphatic rings. The zero-order valence-electron chi connectivity index (χ0n) is 21.4. The second kappa shape index (κ2) is 12.6. The smallest absolute Gasteiger partial charge is 0.325 e. The van der Waals surface area contributed by atoms with E-state index < -0.39 is 0 Å². The number of morpholine rings is 1. The van der Waals surface area contributed by atoms with E-state index in [4.69, 9.17) is 4.74 Å². The van der Waals surface area contributed by atoms with E-state index in [-0.39, 0.29) is 11.4 Å². The Morgan fingerprint density at radius 1 is 1.08 bits per heavy atom. The van der Waals surface area contributed by atoms with Gasteiger partial charge in [-0.15, -0.1) is 10.2 Å². The van der Waals surface area contributed by atoms with Crippen LogP contribution >= 0.6 is 11.3 Å². The number of rotatable bonds is 7. The van der Waals surface area contributed by atoms with Gasteiger partial charge >= 0.3 is 6.03 Å². The largest absolute Gasteiger partial charge is 0.379 e. The standard InChI is InChI=1S/C26H32N8O2S/c1-26(2,3)22-32-33-25(37-22)31-24(35)30-21-7-4-6-19(16-21)8-9-20-17-28-23(29-18-20)27-10-5-11-34-12-14-36-15-13-34/h4,6-7,16-18H,5,10-15H2,1-3H3,(H,27,28,29)(H2,30,31,33,35). The number of benzene rings is 1. The number of carbonyl (C=O) groups excluding carboxylic acids is 1. The number of urea groups is 1. The van der Waals surface area contributed by atoms with Crippen molar-refractivity contribution in [2.75, 3.05) is 55.3 Å². The van der Waals surface area contributed by atoms with Crippen LogP contribution in [0.3, 0.4) is 0 Å². The van der Waals surface area contributed by atoms with E-state index in [1.54, 1.807) is 24.5 Å². The molecule has 1 saturated heterocycles. The molecule has 194 valence electrons. The third kappa shape index (κ3) is 8.49. The van der Waals surface area contributed by atoms with Crippen molar-refractivity contribution in [1.82, 2.24) is 25.1 Å². The number of anilines is 3. The molecule has 37 heavy (non-hydrogen) atoms. The summed E-state index contributed by atoms with van der Waals surface area (Å²) in [5, 5.41) is 18.3. The van der Waals surface area contributed by atoms with Gasteiger partial charge in [0, 0.05) is 48.7 Å². The fraction of sp³-hybridized carbons (Fsp3) is 0.423. The van der Waals surface area contributed by atoms with Crippen molar-refractivity contribution in [2.45, 2.75) is 32.6 Å². The molecular formula is C26H32N8O2S. The molecule has 0 bridgehead atoms. The first-order chi connectivity index (χ1) is 17.8. The number of carbonyl (C=O) groups is 1. The molecule has 0 spiro atoms. The number of nitrogens with one attached hydrogen (secondary N) is 3. The topological polar surface area (TPSA) is 117 Å². The minimum absolute atomic E-state index is 0.119. The van der Waals surface area contributed by atoms with E-state index in [1.165, 1.54) is 11.3 Å². The predicted molar refractivity (Wildman–Crippen MR) is 146 cm³/mol. The molecule has 0 atom stereocenters. The second-order valence-corrected chi connectivity index (χ2v) is 10.6. The average Bonchev–Trinajstić information content (AvgIpc) is 3.36. The maximum absolute atomic E-state index is 12.4. The summed E-state index contributed by atoms with van der Waals surface area (Å²) in [5.74, 6) is 6.76. The van der Waals surface area contributed by atoms with Crippen LogP contribution in [0.15, 0.2) is 36.7 Å². The van der Waals surface area contributed by atoms with E-state index >= 15 is 0 Å². The molecule has 1 fully saturated rings. The summed E-state index contributed by atoms with van der Waals surface area (Å²) >= 11 is 1.36. The van der Waals surface area contributed by atoms with E-state index in [0.717, 1.165) is 56.4 Å². The summed E-state index contributed by atoms with van der Waals surface area (Å²) in [6.07, 6.45) is 4.42. The van der Waals surface area contributed by atoms with Crippen LogP contribution < -0.4 is 16.0 Å². The van der Waals surface area contributed by atoms with Gasteiger partial charge in [0.25, 0.3) is 0 Å². The van der Waals surface area contributed by atoms with Crippen LogP contribution in [0.2, 0.25) is 0 Å². The van der Waals surface area contributed by atoms with Crippen LogP contribution in [0.4, 0.5) is 21.6 Å². The van der Waals surface area contributed by atoms with Crippen LogP contribution in [-0.2, 0) is 10.2 Å². The molecule has 3 heterocycles. The Bertz CT molecular complexity index is 1240. The maximum atomic E-state index is 12.4. The molecule has 10 nitrogen and oxygen atoms in total. The monoisotopic (exact) mass is 520 g/mol. The molecule has 4 rings (SSSR count). The number of amides is 2. The molecule has 1 aromatic carbocycles. The van der Waals surface area contributed by atoms with Crippen molar-refractivity contribution < 1.29 is 9.53 Å². The summed E-state index contributed by atoms with van der Waals surface area (Å²) in [7, 11) is 0. The van der Waals surface area contributed by atoms with Gasteiger partial charge in [-0.2, -0.15) is 0 Å². The first kappa shape index (κ1) is 26.5. The number of hydrogen-bond donors (Lipinski definition) is 3. The molecule has 3 aromatic rings. The number of ether oxygens (including phenoxy) is 1. The highest BCUT2D eigenvalue weighted by Crippen LogP contribution is 2.27. The number of aromatic nitrogens is 4.